The van der Waals surface area contributed by atoms with Gasteiger partial charge in [-0.2, -0.15) is 18.2 Å². The normalized spacial score (nSPS) is 19.8. The number of ether oxygens (including phenoxy) is 1. The van der Waals surface area contributed by atoms with Crippen LogP contribution in [-0.2, 0) is 0 Å². The van der Waals surface area contributed by atoms with E-state index in [4.69, 9.17) is 20.8 Å². The minimum Gasteiger partial charge on any atom is -0.493 e. The summed E-state index contributed by atoms with van der Waals surface area (Å²) in [6, 6.07) is 5.83. The molecule has 2 heterocycles. The van der Waals surface area contributed by atoms with Crippen molar-refractivity contribution in [3.8, 4) is 5.75 Å². The number of fused-ring (bicyclic) bond motifs is 1. The van der Waals surface area contributed by atoms with Crippen LogP contribution in [0.25, 0.3) is 11.1 Å². The Morgan fingerprint density at radius 1 is 1.35 bits per heavy atom. The summed E-state index contributed by atoms with van der Waals surface area (Å²) in [7, 11) is 1.36. The third-order valence-electron chi connectivity index (χ3n) is 5.85. The van der Waals surface area contributed by atoms with Gasteiger partial charge < -0.3 is 24.5 Å². The fraction of sp³-hybridized carbons (Fsp3) is 0.391. The lowest BCUT2D eigenvalue weighted by molar-refractivity contribution is -0.144. The zero-order valence-electron chi connectivity index (χ0n) is 18.4. The number of nitrogens with zero attached hydrogens (tertiary/aromatic N) is 2. The number of aromatic nitrogens is 1. The first-order valence-corrected chi connectivity index (χ1v) is 11.0. The number of halogens is 4. The predicted octanol–water partition coefficient (Wildman–Crippen LogP) is 5.05. The molecule has 1 aromatic heterocycles. The van der Waals surface area contributed by atoms with Crippen molar-refractivity contribution in [1.29, 1.82) is 0 Å². The van der Waals surface area contributed by atoms with Gasteiger partial charge in [-0.05, 0) is 42.2 Å². The summed E-state index contributed by atoms with van der Waals surface area (Å²) in [6.07, 6.45) is -4.66. The van der Waals surface area contributed by atoms with Gasteiger partial charge in [-0.25, -0.2) is 0 Å². The van der Waals surface area contributed by atoms with E-state index in [2.05, 4.69) is 10.3 Å². The Morgan fingerprint density at radius 2 is 2.12 bits per heavy atom. The van der Waals surface area contributed by atoms with Crippen LogP contribution in [0.15, 0.2) is 40.8 Å². The summed E-state index contributed by atoms with van der Waals surface area (Å²) in [4.78, 5) is 18.8. The first-order valence-electron chi connectivity index (χ1n) is 10.6. The molecule has 0 aliphatic carbocycles. The molecule has 182 valence electrons. The number of likely N-dealkylation sites (tertiary alicyclic amines) is 1. The second-order valence-corrected chi connectivity index (χ2v) is 8.74. The first-order chi connectivity index (χ1) is 16.1. The van der Waals surface area contributed by atoms with E-state index in [9.17, 15) is 23.1 Å². The van der Waals surface area contributed by atoms with Crippen molar-refractivity contribution in [2.75, 3.05) is 25.5 Å². The molecule has 1 fully saturated rings. The maximum absolute atomic E-state index is 13.8. The molecule has 0 bridgehead atoms. The van der Waals surface area contributed by atoms with Crippen LogP contribution in [0.1, 0.15) is 35.3 Å². The molecule has 1 aliphatic rings. The van der Waals surface area contributed by atoms with Gasteiger partial charge in [0.25, 0.3) is 11.9 Å². The molecule has 3 unspecified atom stereocenters. The van der Waals surface area contributed by atoms with Gasteiger partial charge in [0.1, 0.15) is 5.52 Å². The first kappa shape index (κ1) is 24.2. The Bertz CT molecular complexity index is 1200. The topological polar surface area (TPSA) is 87.8 Å². The maximum atomic E-state index is 13.8. The molecular weight excluding hydrogens is 475 g/mol. The summed E-state index contributed by atoms with van der Waals surface area (Å²) < 4.78 is 52.2. The zero-order chi connectivity index (χ0) is 24.6. The Morgan fingerprint density at radius 3 is 2.76 bits per heavy atom. The number of alkyl halides is 3. The summed E-state index contributed by atoms with van der Waals surface area (Å²) in [5.74, 6) is -0.196. The van der Waals surface area contributed by atoms with Gasteiger partial charge in [0.2, 0.25) is 0 Å². The maximum Gasteiger partial charge on any atom is 0.412 e. The number of oxazole rings is 1. The van der Waals surface area contributed by atoms with Crippen LogP contribution in [-0.4, -0.2) is 53.4 Å². The van der Waals surface area contributed by atoms with Gasteiger partial charge in [-0.1, -0.05) is 30.7 Å². The molecule has 1 aliphatic heterocycles. The number of amides is 1. The van der Waals surface area contributed by atoms with Crippen molar-refractivity contribution < 1.29 is 32.2 Å². The fourth-order valence-electron chi connectivity index (χ4n) is 4.00. The van der Waals surface area contributed by atoms with E-state index in [1.54, 1.807) is 4.90 Å². The molecule has 2 N–H and O–H groups in total. The molecular formula is C23H23ClF3N3O4. The molecule has 11 heteroatoms. The van der Waals surface area contributed by atoms with Gasteiger partial charge in [0.05, 0.1) is 13.2 Å². The molecule has 4 rings (SSSR count). The molecule has 2 aromatic carbocycles. The monoisotopic (exact) mass is 497 g/mol. The predicted molar refractivity (Wildman–Crippen MR) is 120 cm³/mol. The smallest absolute Gasteiger partial charge is 0.412 e. The molecule has 1 amide bonds. The summed E-state index contributed by atoms with van der Waals surface area (Å²) in [5, 5.41) is 12.4. The van der Waals surface area contributed by atoms with E-state index in [0.29, 0.717) is 19.5 Å². The standard InChI is InChI=1S/C23H23ClF3N3O4/c1-12-11-30(7-6-17(12)31)21(32)14-9-16-19(18(10-14)33-2)34-22(28-16)29-20(23(25,26)27)13-4-3-5-15(24)8-13/h3-5,8-10,12,17,20,31H,6-7,11H2,1-2H3,(H,28,29). The molecule has 7 nitrogen and oxygen atoms in total. The molecule has 3 aromatic rings. The Balaban J connectivity index is 1.66. The van der Waals surface area contributed by atoms with Crippen LogP contribution < -0.4 is 10.1 Å². The average molecular weight is 498 g/mol. The van der Waals surface area contributed by atoms with Crippen LogP contribution >= 0.6 is 11.6 Å². The number of aliphatic hydroxyl groups excluding tert-OH is 1. The fourth-order valence-corrected chi connectivity index (χ4v) is 4.20. The van der Waals surface area contributed by atoms with E-state index in [-0.39, 0.29) is 50.8 Å². The number of nitrogens with one attached hydrogen (secondary N) is 1. The summed E-state index contributed by atoms with van der Waals surface area (Å²) >= 11 is 5.87. The van der Waals surface area contributed by atoms with Crippen LogP contribution in [0.3, 0.4) is 0 Å². The molecule has 34 heavy (non-hydrogen) atoms. The lowest BCUT2D eigenvalue weighted by Crippen LogP contribution is -2.44. The van der Waals surface area contributed by atoms with E-state index < -0.39 is 18.3 Å². The molecule has 1 saturated heterocycles. The highest BCUT2D eigenvalue weighted by molar-refractivity contribution is 6.30. The lowest BCUT2D eigenvalue weighted by atomic mass is 9.96. The number of aliphatic hydroxyl groups is 1. The third kappa shape index (κ3) is 4.92. The number of rotatable bonds is 5. The van der Waals surface area contributed by atoms with Crippen molar-refractivity contribution in [2.24, 2.45) is 5.92 Å². The minimum atomic E-state index is -4.66. The van der Waals surface area contributed by atoms with Crippen LogP contribution in [0.5, 0.6) is 5.75 Å². The van der Waals surface area contributed by atoms with Gasteiger partial charge >= 0.3 is 6.18 Å². The second-order valence-electron chi connectivity index (χ2n) is 8.30. The summed E-state index contributed by atoms with van der Waals surface area (Å²) in [5.41, 5.74) is 0.430. The molecule has 0 radical (unpaired) electrons. The Labute approximate surface area is 198 Å². The quantitative estimate of drug-likeness (QED) is 0.513. The molecule has 0 saturated carbocycles. The van der Waals surface area contributed by atoms with Crippen LogP contribution in [0.4, 0.5) is 19.2 Å². The number of hydrogen-bond donors (Lipinski definition) is 2. The number of carbonyl (C=O) groups excluding carboxylic acids is 1. The number of carbonyl (C=O) groups is 1. The van der Waals surface area contributed by atoms with E-state index in [1.165, 1.54) is 43.5 Å². The van der Waals surface area contributed by atoms with Gasteiger partial charge in [0.15, 0.2) is 17.4 Å². The number of anilines is 1. The Kier molecular flexibility index (Phi) is 6.64. The summed E-state index contributed by atoms with van der Waals surface area (Å²) in [6.45, 7) is 2.64. The largest absolute Gasteiger partial charge is 0.493 e. The third-order valence-corrected chi connectivity index (χ3v) is 6.08. The number of hydrogen-bond acceptors (Lipinski definition) is 6. The molecule has 0 spiro atoms. The van der Waals surface area contributed by atoms with Crippen LogP contribution in [0, 0.1) is 5.92 Å². The minimum absolute atomic E-state index is 0.0722. The average Bonchev–Trinajstić information content (AvgIpc) is 3.20. The lowest BCUT2D eigenvalue weighted by Gasteiger charge is -2.34. The highest BCUT2D eigenvalue weighted by Gasteiger charge is 2.42. The Hall–Kier alpha value is -2.98. The van der Waals surface area contributed by atoms with E-state index in [0.717, 1.165) is 0 Å². The SMILES string of the molecule is COc1cc(C(=O)N2CCC(O)C(C)C2)cc2nc(NC(c3cccc(Cl)c3)C(F)(F)F)oc12. The van der Waals surface area contributed by atoms with E-state index in [1.807, 2.05) is 6.92 Å². The number of piperidine rings is 1. The van der Waals surface area contributed by atoms with E-state index >= 15 is 0 Å². The number of benzene rings is 2. The highest BCUT2D eigenvalue weighted by atomic mass is 35.5. The van der Waals surface area contributed by atoms with Crippen molar-refractivity contribution in [3.05, 3.63) is 52.5 Å². The van der Waals surface area contributed by atoms with Gasteiger partial charge in [0, 0.05) is 23.7 Å². The van der Waals surface area contributed by atoms with Crippen molar-refractivity contribution in [3.63, 3.8) is 0 Å². The number of methoxy groups -OCH3 is 1. The van der Waals surface area contributed by atoms with Gasteiger partial charge in [-0.15, -0.1) is 0 Å². The van der Waals surface area contributed by atoms with Gasteiger partial charge in [-0.3, -0.25) is 4.79 Å². The van der Waals surface area contributed by atoms with Crippen molar-refractivity contribution in [2.45, 2.75) is 31.7 Å². The highest BCUT2D eigenvalue weighted by Crippen LogP contribution is 2.38. The van der Waals surface area contributed by atoms with Crippen molar-refractivity contribution in [1.82, 2.24) is 9.88 Å². The molecule has 3 atom stereocenters. The zero-order valence-corrected chi connectivity index (χ0v) is 19.2. The van der Waals surface area contributed by atoms with Crippen LogP contribution in [0.2, 0.25) is 5.02 Å². The van der Waals surface area contributed by atoms with Crippen molar-refractivity contribution >= 4 is 34.6 Å². The second kappa shape index (κ2) is 9.34.